The van der Waals surface area contributed by atoms with Crippen molar-refractivity contribution in [3.8, 4) is 5.75 Å². The van der Waals surface area contributed by atoms with Crippen molar-refractivity contribution < 1.29 is 13.5 Å². The molecule has 2 aromatic rings. The van der Waals surface area contributed by atoms with Crippen molar-refractivity contribution in [3.05, 3.63) is 59.1 Å². The van der Waals surface area contributed by atoms with Crippen molar-refractivity contribution in [2.45, 2.75) is 0 Å². The fourth-order valence-electron chi connectivity index (χ4n) is 1.52. The van der Waals surface area contributed by atoms with Gasteiger partial charge in [0, 0.05) is 23.3 Å². The van der Waals surface area contributed by atoms with Gasteiger partial charge in [-0.15, -0.1) is 0 Å². The maximum Gasteiger partial charge on any atom is 0.167 e. The molecule has 0 unspecified atom stereocenters. The van der Waals surface area contributed by atoms with Crippen LogP contribution in [0.3, 0.4) is 0 Å². The predicted octanol–water partition coefficient (Wildman–Crippen LogP) is 4.11. The molecular weight excluding hydrogens is 272 g/mol. The Labute approximate surface area is 115 Å². The molecule has 0 aliphatic carbocycles. The van der Waals surface area contributed by atoms with Crippen LogP contribution in [0.4, 0.5) is 14.5 Å². The SMILES string of the molecule is Fc1ccc(OCCNc2ccc(Cl)cc2)c(F)c1. The van der Waals surface area contributed by atoms with Gasteiger partial charge in [0.05, 0.1) is 0 Å². The highest BCUT2D eigenvalue weighted by atomic mass is 35.5. The number of nitrogens with one attached hydrogen (secondary N) is 1. The highest BCUT2D eigenvalue weighted by molar-refractivity contribution is 6.30. The molecule has 5 heteroatoms. The Hall–Kier alpha value is -1.81. The molecule has 0 saturated heterocycles. The van der Waals surface area contributed by atoms with E-state index >= 15 is 0 Å². The van der Waals surface area contributed by atoms with Crippen LogP contribution in [0.15, 0.2) is 42.5 Å². The van der Waals surface area contributed by atoms with Gasteiger partial charge in [-0.05, 0) is 36.4 Å². The van der Waals surface area contributed by atoms with Gasteiger partial charge < -0.3 is 10.1 Å². The van der Waals surface area contributed by atoms with Gasteiger partial charge in [0.1, 0.15) is 12.4 Å². The number of hydrogen-bond acceptors (Lipinski definition) is 2. The van der Waals surface area contributed by atoms with E-state index in [0.717, 1.165) is 17.8 Å². The summed E-state index contributed by atoms with van der Waals surface area (Å²) in [7, 11) is 0. The van der Waals surface area contributed by atoms with Crippen LogP contribution in [-0.2, 0) is 0 Å². The van der Waals surface area contributed by atoms with E-state index in [1.807, 2.05) is 12.1 Å². The number of benzene rings is 2. The van der Waals surface area contributed by atoms with Crippen molar-refractivity contribution in [3.63, 3.8) is 0 Å². The Morgan fingerprint density at radius 1 is 1.05 bits per heavy atom. The van der Waals surface area contributed by atoms with Crippen LogP contribution in [0.25, 0.3) is 0 Å². The summed E-state index contributed by atoms with van der Waals surface area (Å²) < 4.78 is 31.1. The number of halogens is 3. The molecular formula is C14H12ClF2NO. The second-order valence-electron chi connectivity index (χ2n) is 3.86. The second-order valence-corrected chi connectivity index (χ2v) is 4.29. The molecule has 0 spiro atoms. The summed E-state index contributed by atoms with van der Waals surface area (Å²) in [5.41, 5.74) is 0.896. The molecule has 0 bridgehead atoms. The topological polar surface area (TPSA) is 21.3 Å². The monoisotopic (exact) mass is 283 g/mol. The van der Waals surface area contributed by atoms with Crippen molar-refractivity contribution in [2.24, 2.45) is 0 Å². The number of hydrogen-bond donors (Lipinski definition) is 1. The van der Waals surface area contributed by atoms with Gasteiger partial charge in [0.2, 0.25) is 0 Å². The third-order valence-electron chi connectivity index (χ3n) is 2.43. The van der Waals surface area contributed by atoms with E-state index in [4.69, 9.17) is 16.3 Å². The molecule has 2 nitrogen and oxygen atoms in total. The number of rotatable bonds is 5. The summed E-state index contributed by atoms with van der Waals surface area (Å²) in [5.74, 6) is -1.28. The number of ether oxygens (including phenoxy) is 1. The van der Waals surface area contributed by atoms with Gasteiger partial charge in [0.15, 0.2) is 11.6 Å². The molecule has 19 heavy (non-hydrogen) atoms. The third-order valence-corrected chi connectivity index (χ3v) is 2.68. The molecule has 0 atom stereocenters. The van der Waals surface area contributed by atoms with Gasteiger partial charge in [-0.3, -0.25) is 0 Å². The van der Waals surface area contributed by atoms with Crippen molar-refractivity contribution >= 4 is 17.3 Å². The first kappa shape index (κ1) is 13.6. The van der Waals surface area contributed by atoms with Crippen molar-refractivity contribution in [1.29, 1.82) is 0 Å². The Bertz CT molecular complexity index is 546. The molecule has 0 radical (unpaired) electrons. The van der Waals surface area contributed by atoms with Crippen LogP contribution >= 0.6 is 11.6 Å². The normalized spacial score (nSPS) is 10.3. The lowest BCUT2D eigenvalue weighted by Gasteiger charge is -2.09. The zero-order chi connectivity index (χ0) is 13.7. The zero-order valence-electron chi connectivity index (χ0n) is 10.00. The van der Waals surface area contributed by atoms with Crippen LogP contribution in [-0.4, -0.2) is 13.2 Å². The molecule has 2 rings (SSSR count). The first-order valence-corrected chi connectivity index (χ1v) is 6.10. The molecule has 0 aliphatic heterocycles. The van der Waals surface area contributed by atoms with Gasteiger partial charge in [-0.2, -0.15) is 0 Å². The molecule has 0 amide bonds. The van der Waals surface area contributed by atoms with E-state index in [2.05, 4.69) is 5.32 Å². The fraction of sp³-hybridized carbons (Fsp3) is 0.143. The Balaban J connectivity index is 1.79. The summed E-state index contributed by atoms with van der Waals surface area (Å²) in [6, 6.07) is 10.4. The summed E-state index contributed by atoms with van der Waals surface area (Å²) in [5, 5.41) is 3.75. The zero-order valence-corrected chi connectivity index (χ0v) is 10.8. The summed E-state index contributed by atoms with van der Waals surface area (Å²) in [6.45, 7) is 0.767. The lowest BCUT2D eigenvalue weighted by molar-refractivity contribution is 0.314. The smallest absolute Gasteiger partial charge is 0.167 e. The summed E-state index contributed by atoms with van der Waals surface area (Å²) in [4.78, 5) is 0. The third kappa shape index (κ3) is 4.10. The lowest BCUT2D eigenvalue weighted by atomic mass is 10.3. The first-order chi connectivity index (χ1) is 9.15. The molecule has 2 aromatic carbocycles. The molecule has 0 aromatic heterocycles. The van der Waals surface area contributed by atoms with E-state index < -0.39 is 11.6 Å². The van der Waals surface area contributed by atoms with Crippen LogP contribution in [0, 0.1) is 11.6 Å². The lowest BCUT2D eigenvalue weighted by Crippen LogP contribution is -2.12. The van der Waals surface area contributed by atoms with Gasteiger partial charge in [0.25, 0.3) is 0 Å². The number of anilines is 1. The average molecular weight is 284 g/mol. The Morgan fingerprint density at radius 3 is 2.47 bits per heavy atom. The molecule has 0 aliphatic rings. The molecule has 100 valence electrons. The summed E-state index contributed by atoms with van der Waals surface area (Å²) in [6.07, 6.45) is 0. The summed E-state index contributed by atoms with van der Waals surface area (Å²) >= 11 is 5.76. The highest BCUT2D eigenvalue weighted by Crippen LogP contribution is 2.17. The first-order valence-electron chi connectivity index (χ1n) is 5.72. The standard InChI is InChI=1S/C14H12ClF2NO/c15-10-1-4-12(5-2-10)18-7-8-19-14-6-3-11(16)9-13(14)17/h1-6,9,18H,7-8H2. The van der Waals surface area contributed by atoms with Crippen LogP contribution in [0.1, 0.15) is 0 Å². The molecule has 1 N–H and O–H groups in total. The molecule has 0 saturated carbocycles. The molecule has 0 fully saturated rings. The van der Waals surface area contributed by atoms with E-state index in [1.54, 1.807) is 12.1 Å². The predicted molar refractivity (Wildman–Crippen MR) is 71.8 cm³/mol. The van der Waals surface area contributed by atoms with Crippen LogP contribution in [0.2, 0.25) is 5.02 Å². The highest BCUT2D eigenvalue weighted by Gasteiger charge is 2.04. The van der Waals surface area contributed by atoms with Gasteiger partial charge in [-0.1, -0.05) is 11.6 Å². The van der Waals surface area contributed by atoms with Crippen molar-refractivity contribution in [2.75, 3.05) is 18.5 Å². The van der Waals surface area contributed by atoms with E-state index in [1.165, 1.54) is 6.07 Å². The minimum absolute atomic E-state index is 0.0410. The minimum atomic E-state index is -0.702. The Kier molecular flexibility index (Phi) is 4.58. The minimum Gasteiger partial charge on any atom is -0.489 e. The van der Waals surface area contributed by atoms with Crippen LogP contribution in [0.5, 0.6) is 5.75 Å². The van der Waals surface area contributed by atoms with Crippen LogP contribution < -0.4 is 10.1 Å². The van der Waals surface area contributed by atoms with E-state index in [0.29, 0.717) is 11.6 Å². The maximum absolute atomic E-state index is 13.2. The second kappa shape index (κ2) is 6.38. The average Bonchev–Trinajstić information content (AvgIpc) is 2.39. The largest absolute Gasteiger partial charge is 0.489 e. The Morgan fingerprint density at radius 2 is 1.79 bits per heavy atom. The molecule has 0 heterocycles. The fourth-order valence-corrected chi connectivity index (χ4v) is 1.64. The van der Waals surface area contributed by atoms with E-state index in [-0.39, 0.29) is 12.4 Å². The van der Waals surface area contributed by atoms with Gasteiger partial charge in [-0.25, -0.2) is 8.78 Å². The van der Waals surface area contributed by atoms with E-state index in [9.17, 15) is 8.78 Å². The van der Waals surface area contributed by atoms with Crippen molar-refractivity contribution in [1.82, 2.24) is 0 Å². The maximum atomic E-state index is 13.2. The van der Waals surface area contributed by atoms with Gasteiger partial charge >= 0.3 is 0 Å². The quantitative estimate of drug-likeness (QED) is 0.834.